The van der Waals surface area contributed by atoms with E-state index in [2.05, 4.69) is 68.3 Å². The third-order valence-electron chi connectivity index (χ3n) is 6.71. The van der Waals surface area contributed by atoms with E-state index in [0.29, 0.717) is 17.8 Å². The molecule has 0 aliphatic heterocycles. The van der Waals surface area contributed by atoms with Crippen LogP contribution in [0, 0.1) is 5.92 Å². The Kier molecular flexibility index (Phi) is 4.43. The summed E-state index contributed by atoms with van der Waals surface area (Å²) in [6.45, 7) is 1.46. The number of fused-ring (bicyclic) bond motifs is 2. The molecule has 5 aromatic rings. The molecule has 1 saturated carbocycles. The van der Waals surface area contributed by atoms with Crippen LogP contribution in [0.1, 0.15) is 24.4 Å². The zero-order valence-corrected chi connectivity index (χ0v) is 17.7. The van der Waals surface area contributed by atoms with Crippen molar-refractivity contribution in [3.63, 3.8) is 0 Å². The molecule has 3 aromatic heterocycles. The van der Waals surface area contributed by atoms with Gasteiger partial charge < -0.3 is 16.0 Å². The first-order valence-electron chi connectivity index (χ1n) is 11.0. The van der Waals surface area contributed by atoms with E-state index in [1.165, 1.54) is 5.56 Å². The molecule has 0 saturated heterocycles. The van der Waals surface area contributed by atoms with Gasteiger partial charge in [0.15, 0.2) is 0 Å². The van der Waals surface area contributed by atoms with Gasteiger partial charge in [-0.25, -0.2) is 9.97 Å². The van der Waals surface area contributed by atoms with Gasteiger partial charge in [0, 0.05) is 23.2 Å². The molecule has 4 N–H and O–H groups in total. The predicted molar refractivity (Wildman–Crippen MR) is 127 cm³/mol. The van der Waals surface area contributed by atoms with E-state index in [1.807, 2.05) is 16.9 Å². The smallest absolute Gasteiger partial charge is 0.146 e. The van der Waals surface area contributed by atoms with E-state index in [9.17, 15) is 0 Å². The molecular formula is C25H25N7. The van der Waals surface area contributed by atoms with Gasteiger partial charge in [-0.15, -0.1) is 0 Å². The van der Waals surface area contributed by atoms with Crippen molar-refractivity contribution in [3.8, 4) is 11.1 Å². The molecule has 0 bridgehead atoms. The van der Waals surface area contributed by atoms with Crippen molar-refractivity contribution in [2.45, 2.75) is 25.4 Å². The van der Waals surface area contributed by atoms with Crippen LogP contribution in [0.25, 0.3) is 33.1 Å². The van der Waals surface area contributed by atoms with Gasteiger partial charge >= 0.3 is 0 Å². The van der Waals surface area contributed by atoms with Crippen LogP contribution >= 0.6 is 0 Å². The predicted octanol–water partition coefficient (Wildman–Crippen LogP) is 3.99. The van der Waals surface area contributed by atoms with Crippen molar-refractivity contribution in [1.29, 1.82) is 0 Å². The summed E-state index contributed by atoms with van der Waals surface area (Å²) in [6, 6.07) is 17.2. The largest absolute Gasteiger partial charge is 0.383 e. The SMILES string of the molecule is NCC1CC(n2cc(-c3ccc4cnn(Cc5ccccc5)c4c3)c3c(N)ncnc32)C1. The summed E-state index contributed by atoms with van der Waals surface area (Å²) in [6.07, 6.45) is 7.81. The molecule has 32 heavy (non-hydrogen) atoms. The van der Waals surface area contributed by atoms with E-state index in [1.54, 1.807) is 6.33 Å². The van der Waals surface area contributed by atoms with Gasteiger partial charge in [0.05, 0.1) is 23.6 Å². The molecule has 0 radical (unpaired) electrons. The van der Waals surface area contributed by atoms with Crippen LogP contribution < -0.4 is 11.5 Å². The zero-order chi connectivity index (χ0) is 21.7. The zero-order valence-electron chi connectivity index (χ0n) is 17.7. The first-order chi connectivity index (χ1) is 15.7. The van der Waals surface area contributed by atoms with Crippen LogP contribution in [0.15, 0.2) is 67.3 Å². The number of aromatic nitrogens is 5. The molecule has 6 rings (SSSR count). The number of nitrogens with two attached hydrogens (primary N) is 2. The molecular weight excluding hydrogens is 398 g/mol. The van der Waals surface area contributed by atoms with E-state index < -0.39 is 0 Å². The number of benzene rings is 2. The Morgan fingerprint density at radius 3 is 2.69 bits per heavy atom. The fourth-order valence-electron chi connectivity index (χ4n) is 4.85. The van der Waals surface area contributed by atoms with Crippen LogP contribution in [-0.4, -0.2) is 30.9 Å². The highest BCUT2D eigenvalue weighted by Crippen LogP contribution is 2.42. The number of nitrogens with zero attached hydrogens (tertiary/aromatic N) is 5. The Morgan fingerprint density at radius 2 is 1.88 bits per heavy atom. The molecule has 3 heterocycles. The summed E-state index contributed by atoms with van der Waals surface area (Å²) < 4.78 is 4.31. The van der Waals surface area contributed by atoms with Gasteiger partial charge in [0.2, 0.25) is 0 Å². The molecule has 0 unspecified atom stereocenters. The van der Waals surface area contributed by atoms with Crippen molar-refractivity contribution in [1.82, 2.24) is 24.3 Å². The molecule has 1 fully saturated rings. The van der Waals surface area contributed by atoms with Gasteiger partial charge in [-0.3, -0.25) is 4.68 Å². The summed E-state index contributed by atoms with van der Waals surface area (Å²) in [5, 5.41) is 6.66. The lowest BCUT2D eigenvalue weighted by atomic mass is 9.80. The maximum absolute atomic E-state index is 6.34. The Bertz CT molecular complexity index is 1410. The molecule has 7 heteroatoms. The number of rotatable bonds is 5. The maximum atomic E-state index is 6.34. The maximum Gasteiger partial charge on any atom is 0.146 e. The van der Waals surface area contributed by atoms with Gasteiger partial charge in [-0.2, -0.15) is 5.10 Å². The first kappa shape index (κ1) is 19.0. The highest BCUT2D eigenvalue weighted by molar-refractivity contribution is 6.02. The minimum absolute atomic E-state index is 0.404. The second kappa shape index (κ2) is 7.46. The fraction of sp³-hybridized carbons (Fsp3) is 0.240. The van der Waals surface area contributed by atoms with Crippen molar-refractivity contribution in [3.05, 3.63) is 72.8 Å². The van der Waals surface area contributed by atoms with Gasteiger partial charge in [-0.05, 0) is 42.5 Å². The fourth-order valence-corrected chi connectivity index (χ4v) is 4.85. The minimum Gasteiger partial charge on any atom is -0.383 e. The van der Waals surface area contributed by atoms with E-state index >= 15 is 0 Å². The average Bonchev–Trinajstić information content (AvgIpc) is 3.36. The summed E-state index contributed by atoms with van der Waals surface area (Å²) in [5.74, 6) is 1.10. The Hall–Kier alpha value is -3.71. The normalized spacial score (nSPS) is 18.3. The van der Waals surface area contributed by atoms with Crippen molar-refractivity contribution in [2.24, 2.45) is 11.7 Å². The number of anilines is 1. The van der Waals surface area contributed by atoms with Crippen molar-refractivity contribution < 1.29 is 0 Å². The third-order valence-corrected chi connectivity index (χ3v) is 6.71. The molecule has 0 amide bonds. The standard InChI is InChI=1S/C25H25N7/c26-11-17-8-20(9-17)31-14-21(23-24(27)28-15-29-25(23)31)18-6-7-19-12-30-32(22(19)10-18)13-16-4-2-1-3-5-16/h1-7,10,12,14-15,17,20H,8-9,11,13,26H2,(H2,27,28,29). The molecule has 1 aliphatic carbocycles. The van der Waals surface area contributed by atoms with Crippen molar-refractivity contribution in [2.75, 3.05) is 12.3 Å². The Labute approximate surface area is 185 Å². The Balaban J connectivity index is 1.46. The third kappa shape index (κ3) is 3.05. The quantitative estimate of drug-likeness (QED) is 0.445. The second-order valence-corrected chi connectivity index (χ2v) is 8.70. The second-order valence-electron chi connectivity index (χ2n) is 8.70. The highest BCUT2D eigenvalue weighted by Gasteiger charge is 2.31. The van der Waals surface area contributed by atoms with Crippen LogP contribution in [-0.2, 0) is 6.54 Å². The number of hydrogen-bond acceptors (Lipinski definition) is 5. The molecule has 1 aliphatic rings. The summed E-state index contributed by atoms with van der Waals surface area (Å²) >= 11 is 0. The number of nitrogen functional groups attached to an aromatic ring is 1. The van der Waals surface area contributed by atoms with Crippen molar-refractivity contribution >= 4 is 27.8 Å². The van der Waals surface area contributed by atoms with Crippen LogP contribution in [0.3, 0.4) is 0 Å². The molecule has 7 nitrogen and oxygen atoms in total. The molecule has 2 aromatic carbocycles. The van der Waals surface area contributed by atoms with Crippen LogP contribution in [0.5, 0.6) is 0 Å². The van der Waals surface area contributed by atoms with E-state index in [-0.39, 0.29) is 0 Å². The van der Waals surface area contributed by atoms with Crippen LogP contribution in [0.4, 0.5) is 5.82 Å². The minimum atomic E-state index is 0.404. The summed E-state index contributed by atoms with van der Waals surface area (Å²) in [5.41, 5.74) is 17.6. The van der Waals surface area contributed by atoms with Gasteiger partial charge in [0.25, 0.3) is 0 Å². The average molecular weight is 424 g/mol. The van der Waals surface area contributed by atoms with E-state index in [4.69, 9.17) is 11.5 Å². The lowest BCUT2D eigenvalue weighted by Crippen LogP contribution is -2.31. The van der Waals surface area contributed by atoms with Gasteiger partial charge in [-0.1, -0.05) is 42.5 Å². The summed E-state index contributed by atoms with van der Waals surface area (Å²) in [7, 11) is 0. The molecule has 0 atom stereocenters. The topological polar surface area (TPSA) is 101 Å². The van der Waals surface area contributed by atoms with E-state index in [0.717, 1.165) is 59.0 Å². The lowest BCUT2D eigenvalue weighted by Gasteiger charge is -2.35. The summed E-state index contributed by atoms with van der Waals surface area (Å²) in [4.78, 5) is 8.87. The number of hydrogen-bond donors (Lipinski definition) is 2. The lowest BCUT2D eigenvalue weighted by molar-refractivity contribution is 0.209. The highest BCUT2D eigenvalue weighted by atomic mass is 15.3. The Morgan fingerprint density at radius 1 is 1.03 bits per heavy atom. The first-order valence-corrected chi connectivity index (χ1v) is 11.0. The van der Waals surface area contributed by atoms with Gasteiger partial charge in [0.1, 0.15) is 17.8 Å². The molecule has 160 valence electrons. The monoisotopic (exact) mass is 423 g/mol. The molecule has 0 spiro atoms. The van der Waals surface area contributed by atoms with Crippen LogP contribution in [0.2, 0.25) is 0 Å².